The quantitative estimate of drug-likeness (QED) is 0.543. The van der Waals surface area contributed by atoms with Gasteiger partial charge in [0.25, 0.3) is 5.91 Å². The minimum absolute atomic E-state index is 0.216. The lowest BCUT2D eigenvalue weighted by Gasteiger charge is -2.17. The molecule has 30 heavy (non-hydrogen) atoms. The third kappa shape index (κ3) is 4.31. The van der Waals surface area contributed by atoms with Gasteiger partial charge in [0, 0.05) is 22.8 Å². The van der Waals surface area contributed by atoms with Crippen LogP contribution in [0, 0.1) is 0 Å². The third-order valence-electron chi connectivity index (χ3n) is 4.96. The van der Waals surface area contributed by atoms with Crippen molar-refractivity contribution in [3.05, 3.63) is 94.5 Å². The van der Waals surface area contributed by atoms with Crippen LogP contribution in [-0.2, 0) is 22.6 Å². The van der Waals surface area contributed by atoms with E-state index >= 15 is 0 Å². The Morgan fingerprint density at radius 1 is 0.933 bits per heavy atom. The van der Waals surface area contributed by atoms with Crippen LogP contribution in [0.2, 0.25) is 5.02 Å². The summed E-state index contributed by atoms with van der Waals surface area (Å²) in [6, 6.07) is 21.9. The van der Waals surface area contributed by atoms with Crippen molar-refractivity contribution in [1.82, 2.24) is 0 Å². The summed E-state index contributed by atoms with van der Waals surface area (Å²) >= 11 is 6.16. The topological polar surface area (TPSA) is 55.8 Å². The highest BCUT2D eigenvalue weighted by Crippen LogP contribution is 2.28. The molecular formula is C24H20ClNO4. The standard InChI is InChI=1S/C24H20ClNO4/c25-20-10-4-1-8-18(20)15-29-22-12-6-3-9-19(22)24(28)30-16-23(27)26-14-13-17-7-2-5-11-21(17)26/h1-12H,13-16H2. The summed E-state index contributed by atoms with van der Waals surface area (Å²) < 4.78 is 11.1. The molecule has 0 N–H and O–H groups in total. The highest BCUT2D eigenvalue weighted by molar-refractivity contribution is 6.31. The van der Waals surface area contributed by atoms with Gasteiger partial charge in [0.1, 0.15) is 17.9 Å². The first-order valence-electron chi connectivity index (χ1n) is 9.64. The van der Waals surface area contributed by atoms with E-state index in [2.05, 4.69) is 0 Å². The van der Waals surface area contributed by atoms with Gasteiger partial charge in [0.2, 0.25) is 0 Å². The molecule has 0 saturated carbocycles. The summed E-state index contributed by atoms with van der Waals surface area (Å²) in [6.45, 7) is 0.479. The van der Waals surface area contributed by atoms with Crippen LogP contribution in [0.1, 0.15) is 21.5 Å². The number of carbonyl (C=O) groups excluding carboxylic acids is 2. The van der Waals surface area contributed by atoms with E-state index in [4.69, 9.17) is 21.1 Å². The summed E-state index contributed by atoms with van der Waals surface area (Å²) in [7, 11) is 0. The molecule has 0 unspecified atom stereocenters. The maximum absolute atomic E-state index is 12.6. The molecule has 1 aliphatic heterocycles. The zero-order valence-corrected chi connectivity index (χ0v) is 17.0. The second-order valence-electron chi connectivity index (χ2n) is 6.88. The Bertz CT molecular complexity index is 1080. The Morgan fingerprint density at radius 3 is 2.53 bits per heavy atom. The highest BCUT2D eigenvalue weighted by atomic mass is 35.5. The second-order valence-corrected chi connectivity index (χ2v) is 7.28. The van der Waals surface area contributed by atoms with Gasteiger partial charge in [-0.05, 0) is 36.2 Å². The molecule has 1 heterocycles. The number of nitrogens with zero attached hydrogens (tertiary/aromatic N) is 1. The smallest absolute Gasteiger partial charge is 0.342 e. The number of halogens is 1. The van der Waals surface area contributed by atoms with Crippen LogP contribution in [0.3, 0.4) is 0 Å². The van der Waals surface area contributed by atoms with E-state index in [0.717, 1.165) is 23.2 Å². The van der Waals surface area contributed by atoms with Crippen molar-refractivity contribution in [2.45, 2.75) is 13.0 Å². The zero-order valence-electron chi connectivity index (χ0n) is 16.2. The summed E-state index contributed by atoms with van der Waals surface area (Å²) in [5, 5.41) is 0.592. The first-order chi connectivity index (χ1) is 14.6. The summed E-state index contributed by atoms with van der Waals surface area (Å²) in [4.78, 5) is 26.8. The number of anilines is 1. The molecule has 1 aliphatic rings. The zero-order chi connectivity index (χ0) is 20.9. The number of hydrogen-bond acceptors (Lipinski definition) is 4. The fraction of sp³-hybridized carbons (Fsp3) is 0.167. The van der Waals surface area contributed by atoms with Gasteiger partial charge in [-0.3, -0.25) is 4.79 Å². The van der Waals surface area contributed by atoms with Gasteiger partial charge in [-0.25, -0.2) is 4.79 Å². The van der Waals surface area contributed by atoms with Crippen LogP contribution in [0.15, 0.2) is 72.8 Å². The summed E-state index contributed by atoms with van der Waals surface area (Å²) in [6.07, 6.45) is 0.800. The van der Waals surface area contributed by atoms with E-state index in [-0.39, 0.29) is 24.7 Å². The van der Waals surface area contributed by atoms with E-state index in [0.29, 0.717) is 17.3 Å². The largest absolute Gasteiger partial charge is 0.488 e. The molecule has 0 bridgehead atoms. The molecule has 3 aromatic carbocycles. The minimum atomic E-state index is -0.606. The fourth-order valence-electron chi connectivity index (χ4n) is 3.41. The number of carbonyl (C=O) groups is 2. The molecule has 0 spiro atoms. The number of rotatable bonds is 6. The van der Waals surface area contributed by atoms with Gasteiger partial charge in [-0.1, -0.05) is 60.1 Å². The molecular weight excluding hydrogens is 402 g/mol. The lowest BCUT2D eigenvalue weighted by molar-refractivity contribution is -0.121. The van der Waals surface area contributed by atoms with Crippen molar-refractivity contribution < 1.29 is 19.1 Å². The monoisotopic (exact) mass is 421 g/mol. The third-order valence-corrected chi connectivity index (χ3v) is 5.33. The highest BCUT2D eigenvalue weighted by Gasteiger charge is 2.25. The summed E-state index contributed by atoms with van der Waals surface area (Å²) in [5.74, 6) is -0.477. The van der Waals surface area contributed by atoms with E-state index in [9.17, 15) is 9.59 Å². The van der Waals surface area contributed by atoms with Crippen molar-refractivity contribution in [3.8, 4) is 5.75 Å². The molecule has 5 nitrogen and oxygen atoms in total. The molecule has 0 aromatic heterocycles. The van der Waals surface area contributed by atoms with E-state index < -0.39 is 5.97 Å². The van der Waals surface area contributed by atoms with E-state index in [1.165, 1.54) is 0 Å². The van der Waals surface area contributed by atoms with Gasteiger partial charge in [-0.2, -0.15) is 0 Å². The number of ether oxygens (including phenoxy) is 2. The molecule has 4 rings (SSSR count). The average molecular weight is 422 g/mol. The van der Waals surface area contributed by atoms with Crippen LogP contribution < -0.4 is 9.64 Å². The number of para-hydroxylation sites is 2. The maximum atomic E-state index is 12.6. The fourth-order valence-corrected chi connectivity index (χ4v) is 3.60. The van der Waals surface area contributed by atoms with Gasteiger partial charge in [-0.15, -0.1) is 0 Å². The number of benzene rings is 3. The van der Waals surface area contributed by atoms with E-state index in [1.807, 2.05) is 42.5 Å². The molecule has 3 aromatic rings. The molecule has 0 saturated heterocycles. The van der Waals surface area contributed by atoms with Crippen LogP contribution >= 0.6 is 11.6 Å². The van der Waals surface area contributed by atoms with Crippen molar-refractivity contribution in [2.24, 2.45) is 0 Å². The van der Waals surface area contributed by atoms with Crippen molar-refractivity contribution in [1.29, 1.82) is 0 Å². The Labute approximate surface area is 179 Å². The summed E-state index contributed by atoms with van der Waals surface area (Å²) in [5.41, 5.74) is 3.07. The molecule has 0 radical (unpaired) electrons. The first-order valence-corrected chi connectivity index (χ1v) is 10.0. The van der Waals surface area contributed by atoms with Crippen molar-refractivity contribution >= 4 is 29.2 Å². The minimum Gasteiger partial charge on any atom is -0.488 e. The lowest BCUT2D eigenvalue weighted by Crippen LogP contribution is -2.33. The van der Waals surface area contributed by atoms with Crippen LogP contribution in [0.25, 0.3) is 0 Å². The van der Waals surface area contributed by atoms with Crippen LogP contribution in [-0.4, -0.2) is 25.0 Å². The Kier molecular flexibility index (Phi) is 6.00. The molecule has 0 atom stereocenters. The number of fused-ring (bicyclic) bond motifs is 1. The first kappa shape index (κ1) is 20.0. The number of esters is 1. The lowest BCUT2D eigenvalue weighted by atomic mass is 10.2. The Morgan fingerprint density at radius 2 is 1.67 bits per heavy atom. The van der Waals surface area contributed by atoms with Gasteiger partial charge in [0.15, 0.2) is 6.61 Å². The van der Waals surface area contributed by atoms with Crippen molar-refractivity contribution in [2.75, 3.05) is 18.1 Å². The van der Waals surface area contributed by atoms with Gasteiger partial charge >= 0.3 is 5.97 Å². The molecule has 152 valence electrons. The average Bonchev–Trinajstić information content (AvgIpc) is 3.21. The van der Waals surface area contributed by atoms with Crippen molar-refractivity contribution in [3.63, 3.8) is 0 Å². The molecule has 6 heteroatoms. The SMILES string of the molecule is O=C(OCC(=O)N1CCc2ccccc21)c1ccccc1OCc1ccccc1Cl. The van der Waals surface area contributed by atoms with Gasteiger partial charge < -0.3 is 14.4 Å². The number of amides is 1. The Balaban J connectivity index is 1.39. The molecule has 0 aliphatic carbocycles. The predicted octanol–water partition coefficient (Wildman–Crippen LogP) is 4.67. The normalized spacial score (nSPS) is 12.4. The molecule has 1 amide bonds. The van der Waals surface area contributed by atoms with Crippen LogP contribution in [0.5, 0.6) is 5.75 Å². The molecule has 0 fully saturated rings. The number of hydrogen-bond donors (Lipinski definition) is 0. The van der Waals surface area contributed by atoms with E-state index in [1.54, 1.807) is 35.2 Å². The predicted molar refractivity (Wildman–Crippen MR) is 115 cm³/mol. The maximum Gasteiger partial charge on any atom is 0.342 e. The van der Waals surface area contributed by atoms with Crippen LogP contribution in [0.4, 0.5) is 5.69 Å². The van der Waals surface area contributed by atoms with Gasteiger partial charge in [0.05, 0.1) is 0 Å². The Hall–Kier alpha value is -3.31. The second kappa shape index (κ2) is 9.01.